The van der Waals surface area contributed by atoms with Crippen molar-refractivity contribution in [2.75, 3.05) is 7.05 Å². The number of allylic oxidation sites excluding steroid dienone is 3. The molecule has 170 valence electrons. The van der Waals surface area contributed by atoms with Crippen molar-refractivity contribution in [2.45, 2.75) is 33.1 Å². The highest BCUT2D eigenvalue weighted by molar-refractivity contribution is 6.05. The second kappa shape index (κ2) is 12.7. The Morgan fingerprint density at radius 1 is 1.36 bits per heavy atom. The van der Waals surface area contributed by atoms with E-state index in [4.69, 9.17) is 10.1 Å². The molecule has 0 atom stereocenters. The van der Waals surface area contributed by atoms with Crippen LogP contribution < -0.4 is 10.1 Å². The highest BCUT2D eigenvalue weighted by atomic mass is 19.1. The Morgan fingerprint density at radius 3 is 2.76 bits per heavy atom. The van der Waals surface area contributed by atoms with E-state index in [2.05, 4.69) is 34.9 Å². The van der Waals surface area contributed by atoms with Crippen LogP contribution in [0.5, 0.6) is 5.75 Å². The van der Waals surface area contributed by atoms with Crippen LogP contribution in [-0.4, -0.2) is 23.5 Å². The summed E-state index contributed by atoms with van der Waals surface area (Å²) < 4.78 is 20.0. The number of pyridine rings is 1. The molecule has 0 radical (unpaired) electrons. The van der Waals surface area contributed by atoms with Gasteiger partial charge in [0, 0.05) is 31.1 Å². The van der Waals surface area contributed by atoms with Crippen LogP contribution >= 0.6 is 0 Å². The van der Waals surface area contributed by atoms with E-state index in [0.29, 0.717) is 23.3 Å². The molecule has 2 N–H and O–H groups in total. The fraction of sp³-hybridized carbons (Fsp3) is 0.231. The van der Waals surface area contributed by atoms with Gasteiger partial charge in [-0.25, -0.2) is 4.39 Å². The largest absolute Gasteiger partial charge is 0.441 e. The van der Waals surface area contributed by atoms with Gasteiger partial charge in [0.05, 0.1) is 23.1 Å². The smallest absolute Gasteiger partial charge is 0.195 e. The van der Waals surface area contributed by atoms with Gasteiger partial charge >= 0.3 is 0 Å². The third kappa shape index (κ3) is 6.97. The summed E-state index contributed by atoms with van der Waals surface area (Å²) >= 11 is 0. The average molecular weight is 446 g/mol. The fourth-order valence-electron chi connectivity index (χ4n) is 2.99. The van der Waals surface area contributed by atoms with Crippen molar-refractivity contribution in [1.82, 2.24) is 10.3 Å². The molecule has 0 amide bonds. The number of nitrogens with zero attached hydrogens (tertiary/aromatic N) is 3. The Bertz CT molecular complexity index is 1140. The van der Waals surface area contributed by atoms with Crippen molar-refractivity contribution < 1.29 is 9.13 Å². The number of rotatable bonds is 11. The summed E-state index contributed by atoms with van der Waals surface area (Å²) in [5, 5.41) is 20.4. The minimum Gasteiger partial charge on any atom is -0.441 e. The lowest BCUT2D eigenvalue weighted by Gasteiger charge is -2.15. The molecular formula is C26H28FN5O. The van der Waals surface area contributed by atoms with Gasteiger partial charge in [0.25, 0.3) is 0 Å². The summed E-state index contributed by atoms with van der Waals surface area (Å²) in [6.45, 7) is 7.91. The van der Waals surface area contributed by atoms with Crippen molar-refractivity contribution in [3.63, 3.8) is 0 Å². The number of nitrogens with one attached hydrogen (secondary N) is 2. The molecule has 33 heavy (non-hydrogen) atoms. The quantitative estimate of drug-likeness (QED) is 0.265. The summed E-state index contributed by atoms with van der Waals surface area (Å²) in [5.74, 6) is -0.00241. The first-order valence-corrected chi connectivity index (χ1v) is 10.7. The van der Waals surface area contributed by atoms with Crippen molar-refractivity contribution in [3.8, 4) is 11.8 Å². The monoisotopic (exact) mass is 445 g/mol. The molecule has 2 aromatic rings. The number of hydrogen-bond acceptors (Lipinski definition) is 6. The van der Waals surface area contributed by atoms with Gasteiger partial charge in [-0.15, -0.1) is 0 Å². The third-order valence-corrected chi connectivity index (χ3v) is 4.70. The number of ether oxygens (including phenoxy) is 1. The Balaban J connectivity index is 2.48. The minimum atomic E-state index is -0.598. The number of benzene rings is 1. The van der Waals surface area contributed by atoms with Crippen LogP contribution in [0.15, 0.2) is 77.9 Å². The molecule has 2 rings (SSSR count). The van der Waals surface area contributed by atoms with Crippen molar-refractivity contribution in [3.05, 3.63) is 95.6 Å². The van der Waals surface area contributed by atoms with Crippen LogP contribution in [0.1, 0.15) is 49.9 Å². The molecule has 6 nitrogen and oxygen atoms in total. The standard InChI is InChI=1S/C26H28FN5O/c1-5-9-18(6-2)17-32-23(7-3)20-12-11-19(16-28)14-24(20)33-25(30-4)15-22(29)26-21(27)10-8-13-31-26/h6,8,10-15,17,29-30H,2,5,7,9H2,1,3-4H3/b18-17+,25-15+,29-22?,32-23+. The SMILES string of the molecule is C=C/C(=C\N=C(/CC)c1ccc(C#N)cc1O/C(=C/C(=N)c1ncccc1F)NC)CCC. The predicted octanol–water partition coefficient (Wildman–Crippen LogP) is 5.67. The lowest BCUT2D eigenvalue weighted by molar-refractivity contribution is 0.392. The number of aliphatic imine (C=N–C) groups is 1. The Morgan fingerprint density at radius 2 is 2.15 bits per heavy atom. The third-order valence-electron chi connectivity index (χ3n) is 4.70. The van der Waals surface area contributed by atoms with E-state index < -0.39 is 5.82 Å². The maximum atomic E-state index is 14.0. The van der Waals surface area contributed by atoms with Crippen LogP contribution in [0.4, 0.5) is 4.39 Å². The minimum absolute atomic E-state index is 0.0892. The van der Waals surface area contributed by atoms with E-state index in [1.807, 2.05) is 6.92 Å². The maximum absolute atomic E-state index is 14.0. The number of aromatic nitrogens is 1. The van der Waals surface area contributed by atoms with Gasteiger partial charge < -0.3 is 10.1 Å². The summed E-state index contributed by atoms with van der Waals surface area (Å²) in [6.07, 6.45) is 8.84. The Kier molecular flexibility index (Phi) is 9.72. The highest BCUT2D eigenvalue weighted by Crippen LogP contribution is 2.25. The molecule has 0 aliphatic rings. The summed E-state index contributed by atoms with van der Waals surface area (Å²) in [5.41, 5.74) is 2.68. The molecule has 0 saturated heterocycles. The van der Waals surface area contributed by atoms with Gasteiger partial charge in [-0.2, -0.15) is 5.26 Å². The van der Waals surface area contributed by atoms with Crippen molar-refractivity contribution in [1.29, 1.82) is 10.7 Å². The van der Waals surface area contributed by atoms with Crippen LogP contribution in [0.25, 0.3) is 0 Å². The Labute approximate surface area is 194 Å². The molecule has 0 aliphatic carbocycles. The van der Waals surface area contributed by atoms with E-state index in [-0.39, 0.29) is 17.3 Å². The van der Waals surface area contributed by atoms with Crippen LogP contribution in [0.3, 0.4) is 0 Å². The van der Waals surface area contributed by atoms with Gasteiger partial charge in [0.15, 0.2) is 11.7 Å². The van der Waals surface area contributed by atoms with E-state index in [1.54, 1.807) is 37.5 Å². The zero-order valence-corrected chi connectivity index (χ0v) is 19.2. The molecule has 0 spiro atoms. The van der Waals surface area contributed by atoms with Crippen LogP contribution in [-0.2, 0) is 0 Å². The molecule has 1 aromatic heterocycles. The number of hydrogen-bond donors (Lipinski definition) is 2. The molecule has 0 bridgehead atoms. The number of nitriles is 1. The van der Waals surface area contributed by atoms with E-state index in [1.165, 1.54) is 24.4 Å². The molecule has 0 aliphatic heterocycles. The van der Waals surface area contributed by atoms with Gasteiger partial charge in [-0.1, -0.05) is 32.9 Å². The van der Waals surface area contributed by atoms with Crippen molar-refractivity contribution in [2.24, 2.45) is 4.99 Å². The molecule has 0 fully saturated rings. The maximum Gasteiger partial charge on any atom is 0.195 e. The molecular weight excluding hydrogens is 417 g/mol. The lowest BCUT2D eigenvalue weighted by atomic mass is 10.0. The second-order valence-corrected chi connectivity index (χ2v) is 7.02. The molecule has 1 heterocycles. The van der Waals surface area contributed by atoms with Gasteiger partial charge in [0.1, 0.15) is 11.4 Å². The molecule has 0 saturated carbocycles. The average Bonchev–Trinajstić information content (AvgIpc) is 2.83. The highest BCUT2D eigenvalue weighted by Gasteiger charge is 2.14. The second-order valence-electron chi connectivity index (χ2n) is 7.02. The van der Waals surface area contributed by atoms with Crippen LogP contribution in [0.2, 0.25) is 0 Å². The predicted molar refractivity (Wildman–Crippen MR) is 130 cm³/mol. The molecule has 7 heteroatoms. The topological polar surface area (TPSA) is 94.1 Å². The van der Waals surface area contributed by atoms with Crippen molar-refractivity contribution >= 4 is 11.4 Å². The first kappa shape index (κ1) is 25.2. The molecule has 0 unspecified atom stereocenters. The van der Waals surface area contributed by atoms with Gasteiger partial charge in [-0.3, -0.25) is 15.4 Å². The van der Waals surface area contributed by atoms with Gasteiger partial charge in [0.2, 0.25) is 0 Å². The van der Waals surface area contributed by atoms with E-state index >= 15 is 0 Å². The number of halogens is 1. The summed E-state index contributed by atoms with van der Waals surface area (Å²) in [4.78, 5) is 8.57. The zero-order chi connectivity index (χ0) is 24.2. The van der Waals surface area contributed by atoms with Crippen LogP contribution in [0, 0.1) is 22.6 Å². The van der Waals surface area contributed by atoms with E-state index in [9.17, 15) is 9.65 Å². The zero-order valence-electron chi connectivity index (χ0n) is 19.2. The van der Waals surface area contributed by atoms with Gasteiger partial charge in [-0.05, 0) is 48.7 Å². The lowest BCUT2D eigenvalue weighted by Crippen LogP contribution is -2.17. The summed E-state index contributed by atoms with van der Waals surface area (Å²) in [6, 6.07) is 9.91. The first-order valence-electron chi connectivity index (χ1n) is 10.7. The molecule has 1 aromatic carbocycles. The fourth-order valence-corrected chi connectivity index (χ4v) is 2.99. The Hall–Kier alpha value is -4.05. The summed E-state index contributed by atoms with van der Waals surface area (Å²) in [7, 11) is 1.63. The first-order chi connectivity index (χ1) is 16.0. The normalized spacial score (nSPS) is 12.2. The van der Waals surface area contributed by atoms with E-state index in [0.717, 1.165) is 24.1 Å².